The maximum atomic E-state index is 11.2. The highest BCUT2D eigenvalue weighted by molar-refractivity contribution is 5.93. The normalized spacial score (nSPS) is 9.94. The van der Waals surface area contributed by atoms with Gasteiger partial charge in [0.2, 0.25) is 0 Å². The first-order valence-corrected chi connectivity index (χ1v) is 5.15. The van der Waals surface area contributed by atoms with Crippen molar-refractivity contribution in [2.24, 2.45) is 5.84 Å². The topological polar surface area (TPSA) is 80.9 Å². The molecular formula is C12H12N4O. The van der Waals surface area contributed by atoms with Gasteiger partial charge in [0, 0.05) is 18.8 Å². The van der Waals surface area contributed by atoms with E-state index < -0.39 is 5.91 Å². The summed E-state index contributed by atoms with van der Waals surface area (Å²) in [6.45, 7) is 0. The van der Waals surface area contributed by atoms with Crippen LogP contribution in [0.5, 0.6) is 0 Å². The molecule has 0 unspecified atom stereocenters. The molecule has 0 spiro atoms. The summed E-state index contributed by atoms with van der Waals surface area (Å²) in [5.41, 5.74) is 3.51. The summed E-state index contributed by atoms with van der Waals surface area (Å²) >= 11 is 0. The summed E-state index contributed by atoms with van der Waals surface area (Å²) in [6.07, 6.45) is 3.58. The molecule has 0 atom stereocenters. The number of carbonyl (C=O) groups is 1. The van der Waals surface area contributed by atoms with Gasteiger partial charge in [-0.3, -0.25) is 10.2 Å². The molecule has 0 saturated carbocycles. The van der Waals surface area contributed by atoms with Crippen LogP contribution in [0.2, 0.25) is 0 Å². The molecule has 5 heteroatoms. The van der Waals surface area contributed by atoms with Crippen LogP contribution in [0.4, 0.5) is 0 Å². The molecule has 3 N–H and O–H groups in total. The van der Waals surface area contributed by atoms with E-state index in [-0.39, 0.29) is 0 Å². The number of carbonyl (C=O) groups excluding carboxylic acids is 1. The maximum absolute atomic E-state index is 11.2. The Labute approximate surface area is 98.7 Å². The van der Waals surface area contributed by atoms with Gasteiger partial charge in [-0.05, 0) is 5.56 Å². The Kier molecular flexibility index (Phi) is 3.42. The average molecular weight is 228 g/mol. The van der Waals surface area contributed by atoms with Crippen LogP contribution >= 0.6 is 0 Å². The first kappa shape index (κ1) is 11.2. The van der Waals surface area contributed by atoms with Crippen LogP contribution in [-0.2, 0) is 6.42 Å². The zero-order chi connectivity index (χ0) is 12.1. The summed E-state index contributed by atoms with van der Waals surface area (Å²) in [6, 6.07) is 9.89. The highest BCUT2D eigenvalue weighted by atomic mass is 16.2. The molecular weight excluding hydrogens is 216 g/mol. The molecule has 0 aliphatic carbocycles. The van der Waals surface area contributed by atoms with E-state index in [0.717, 1.165) is 5.56 Å². The standard InChI is InChI=1S/C12H12N4O/c13-16-12(17)10-7-14-11(15-8-10)6-9-4-2-1-3-5-9/h1-5,7-8H,6,13H2,(H,16,17). The summed E-state index contributed by atoms with van der Waals surface area (Å²) in [4.78, 5) is 19.4. The Morgan fingerprint density at radius 1 is 1.18 bits per heavy atom. The van der Waals surface area contributed by atoms with Crippen LogP contribution in [-0.4, -0.2) is 15.9 Å². The first-order chi connectivity index (χ1) is 8.29. The van der Waals surface area contributed by atoms with Crippen molar-refractivity contribution in [3.63, 3.8) is 0 Å². The van der Waals surface area contributed by atoms with E-state index in [2.05, 4.69) is 9.97 Å². The number of hydrogen-bond acceptors (Lipinski definition) is 4. The SMILES string of the molecule is NNC(=O)c1cnc(Cc2ccccc2)nc1. The minimum absolute atomic E-state index is 0.351. The van der Waals surface area contributed by atoms with Gasteiger partial charge in [0.1, 0.15) is 5.82 Å². The van der Waals surface area contributed by atoms with Gasteiger partial charge in [-0.2, -0.15) is 0 Å². The predicted molar refractivity (Wildman–Crippen MR) is 62.9 cm³/mol. The molecule has 0 aliphatic rings. The van der Waals surface area contributed by atoms with E-state index in [1.807, 2.05) is 35.8 Å². The lowest BCUT2D eigenvalue weighted by atomic mass is 10.1. The molecule has 0 bridgehead atoms. The number of hydrogen-bond donors (Lipinski definition) is 2. The lowest BCUT2D eigenvalue weighted by Crippen LogP contribution is -2.30. The molecule has 5 nitrogen and oxygen atoms in total. The molecule has 0 fully saturated rings. The van der Waals surface area contributed by atoms with Gasteiger partial charge in [0.05, 0.1) is 5.56 Å². The molecule has 1 heterocycles. The van der Waals surface area contributed by atoms with Gasteiger partial charge < -0.3 is 0 Å². The highest BCUT2D eigenvalue weighted by Crippen LogP contribution is 2.05. The van der Waals surface area contributed by atoms with Crippen molar-refractivity contribution in [1.82, 2.24) is 15.4 Å². The van der Waals surface area contributed by atoms with Crippen molar-refractivity contribution in [2.75, 3.05) is 0 Å². The van der Waals surface area contributed by atoms with Gasteiger partial charge in [0.25, 0.3) is 5.91 Å². The zero-order valence-corrected chi connectivity index (χ0v) is 9.13. The van der Waals surface area contributed by atoms with Crippen molar-refractivity contribution >= 4 is 5.91 Å². The van der Waals surface area contributed by atoms with Crippen LogP contribution in [0.15, 0.2) is 42.7 Å². The Bertz CT molecular complexity index is 496. The van der Waals surface area contributed by atoms with E-state index in [1.165, 1.54) is 12.4 Å². The van der Waals surface area contributed by atoms with Gasteiger partial charge in [-0.25, -0.2) is 15.8 Å². The second-order valence-electron chi connectivity index (χ2n) is 3.52. The van der Waals surface area contributed by atoms with E-state index >= 15 is 0 Å². The summed E-state index contributed by atoms with van der Waals surface area (Å²) < 4.78 is 0. The third kappa shape index (κ3) is 2.85. The second kappa shape index (κ2) is 5.18. The van der Waals surface area contributed by atoms with Crippen molar-refractivity contribution in [3.8, 4) is 0 Å². The van der Waals surface area contributed by atoms with Crippen LogP contribution in [0.25, 0.3) is 0 Å². The monoisotopic (exact) mass is 228 g/mol. The zero-order valence-electron chi connectivity index (χ0n) is 9.13. The van der Waals surface area contributed by atoms with Gasteiger partial charge >= 0.3 is 0 Å². The number of amides is 1. The van der Waals surface area contributed by atoms with Crippen molar-refractivity contribution < 1.29 is 4.79 Å². The molecule has 0 aliphatic heterocycles. The number of rotatable bonds is 3. The number of nitrogens with two attached hydrogens (primary N) is 1. The van der Waals surface area contributed by atoms with Crippen LogP contribution < -0.4 is 11.3 Å². The Balaban J connectivity index is 2.11. The average Bonchev–Trinajstić information content (AvgIpc) is 2.40. The third-order valence-electron chi connectivity index (χ3n) is 2.30. The summed E-state index contributed by atoms with van der Waals surface area (Å²) in [5.74, 6) is 5.29. The summed E-state index contributed by atoms with van der Waals surface area (Å²) in [5, 5.41) is 0. The Morgan fingerprint density at radius 3 is 2.41 bits per heavy atom. The predicted octanol–water partition coefficient (Wildman–Crippen LogP) is 0.671. The van der Waals surface area contributed by atoms with Gasteiger partial charge in [-0.1, -0.05) is 30.3 Å². The van der Waals surface area contributed by atoms with Gasteiger partial charge in [0.15, 0.2) is 0 Å². The number of nitrogens with one attached hydrogen (secondary N) is 1. The number of nitrogen functional groups attached to an aromatic ring is 1. The molecule has 0 radical (unpaired) electrons. The summed E-state index contributed by atoms with van der Waals surface area (Å²) in [7, 11) is 0. The first-order valence-electron chi connectivity index (χ1n) is 5.15. The van der Waals surface area contributed by atoms with E-state index in [1.54, 1.807) is 0 Å². The Hall–Kier alpha value is -2.27. The quantitative estimate of drug-likeness (QED) is 0.459. The fourth-order valence-corrected chi connectivity index (χ4v) is 1.43. The molecule has 1 aromatic heterocycles. The molecule has 86 valence electrons. The Morgan fingerprint density at radius 2 is 1.82 bits per heavy atom. The van der Waals surface area contributed by atoms with E-state index in [0.29, 0.717) is 17.8 Å². The second-order valence-corrected chi connectivity index (χ2v) is 3.52. The van der Waals surface area contributed by atoms with E-state index in [4.69, 9.17) is 5.84 Å². The number of aromatic nitrogens is 2. The minimum Gasteiger partial charge on any atom is -0.290 e. The fourth-order valence-electron chi connectivity index (χ4n) is 1.43. The lowest BCUT2D eigenvalue weighted by Gasteiger charge is -2.01. The van der Waals surface area contributed by atoms with Gasteiger partial charge in [-0.15, -0.1) is 0 Å². The van der Waals surface area contributed by atoms with E-state index in [9.17, 15) is 4.79 Å². The van der Waals surface area contributed by atoms with Crippen LogP contribution in [0, 0.1) is 0 Å². The fraction of sp³-hybridized carbons (Fsp3) is 0.0833. The minimum atomic E-state index is -0.392. The molecule has 2 aromatic rings. The largest absolute Gasteiger partial charge is 0.290 e. The smallest absolute Gasteiger partial charge is 0.268 e. The van der Waals surface area contributed by atoms with Crippen molar-refractivity contribution in [2.45, 2.75) is 6.42 Å². The lowest BCUT2D eigenvalue weighted by molar-refractivity contribution is 0.0953. The van der Waals surface area contributed by atoms with Crippen LogP contribution in [0.3, 0.4) is 0 Å². The molecule has 1 aromatic carbocycles. The molecule has 0 saturated heterocycles. The molecule has 1 amide bonds. The molecule has 2 rings (SSSR count). The number of hydrazine groups is 1. The highest BCUT2D eigenvalue weighted by Gasteiger charge is 2.05. The maximum Gasteiger partial charge on any atom is 0.268 e. The van der Waals surface area contributed by atoms with Crippen LogP contribution in [0.1, 0.15) is 21.7 Å². The number of benzene rings is 1. The number of nitrogens with zero attached hydrogens (tertiary/aromatic N) is 2. The van der Waals surface area contributed by atoms with Crippen molar-refractivity contribution in [3.05, 3.63) is 59.7 Å². The third-order valence-corrected chi connectivity index (χ3v) is 2.30. The van der Waals surface area contributed by atoms with Crippen molar-refractivity contribution in [1.29, 1.82) is 0 Å². The molecule has 17 heavy (non-hydrogen) atoms.